The van der Waals surface area contributed by atoms with Crippen molar-refractivity contribution in [2.45, 2.75) is 26.2 Å². The number of likely N-dealkylation sites (N-methyl/N-ethyl adjacent to an activating group) is 1. The monoisotopic (exact) mass is 260 g/mol. The summed E-state index contributed by atoms with van der Waals surface area (Å²) in [5.41, 5.74) is 1.43. The molecule has 0 aromatic heterocycles. The predicted octanol–water partition coefficient (Wildman–Crippen LogP) is 2.08. The van der Waals surface area contributed by atoms with Crippen LogP contribution in [0.4, 0.5) is 0 Å². The van der Waals surface area contributed by atoms with Crippen molar-refractivity contribution < 1.29 is 4.79 Å². The average Bonchev–Trinajstić information content (AvgIpc) is 2.42. The Morgan fingerprint density at radius 3 is 2.58 bits per heavy atom. The molecule has 0 spiro atoms. The molecule has 104 valence electrons. The molecule has 1 fully saturated rings. The Morgan fingerprint density at radius 2 is 1.95 bits per heavy atom. The molecular weight excluding hydrogens is 236 g/mol. The van der Waals surface area contributed by atoms with Crippen molar-refractivity contribution in [3.05, 3.63) is 35.9 Å². The third-order valence-corrected chi connectivity index (χ3v) is 3.82. The molecule has 3 nitrogen and oxygen atoms in total. The predicted molar refractivity (Wildman–Crippen MR) is 78.0 cm³/mol. The zero-order valence-corrected chi connectivity index (χ0v) is 11.8. The second kappa shape index (κ2) is 7.29. The van der Waals surface area contributed by atoms with Crippen LogP contribution in [-0.2, 0) is 11.2 Å². The molecule has 1 aromatic rings. The van der Waals surface area contributed by atoms with E-state index in [1.165, 1.54) is 24.8 Å². The second-order valence-electron chi connectivity index (χ2n) is 5.36. The lowest BCUT2D eigenvalue weighted by molar-refractivity contribution is -0.122. The van der Waals surface area contributed by atoms with Gasteiger partial charge in [-0.15, -0.1) is 0 Å². The topological polar surface area (TPSA) is 32.3 Å². The van der Waals surface area contributed by atoms with E-state index in [9.17, 15) is 4.79 Å². The van der Waals surface area contributed by atoms with Crippen molar-refractivity contribution in [3.8, 4) is 0 Å². The summed E-state index contributed by atoms with van der Waals surface area (Å²) in [7, 11) is 0. The van der Waals surface area contributed by atoms with Gasteiger partial charge in [-0.3, -0.25) is 9.69 Å². The smallest absolute Gasteiger partial charge is 0.234 e. The molecule has 1 aliphatic rings. The summed E-state index contributed by atoms with van der Waals surface area (Å²) in [4.78, 5) is 13.8. The quantitative estimate of drug-likeness (QED) is 0.879. The Hall–Kier alpha value is -1.35. The number of hydrogen-bond donors (Lipinski definition) is 1. The molecule has 0 bridgehead atoms. The van der Waals surface area contributed by atoms with Crippen molar-refractivity contribution in [3.63, 3.8) is 0 Å². The van der Waals surface area contributed by atoms with Gasteiger partial charge in [0.25, 0.3) is 0 Å². The van der Waals surface area contributed by atoms with Crippen LogP contribution in [0.2, 0.25) is 0 Å². The average molecular weight is 260 g/mol. The normalized spacial score (nSPS) is 17.3. The molecule has 1 aliphatic heterocycles. The number of nitrogens with zero attached hydrogens (tertiary/aromatic N) is 1. The van der Waals surface area contributed by atoms with Gasteiger partial charge in [0.05, 0.1) is 6.54 Å². The Labute approximate surface area is 116 Å². The van der Waals surface area contributed by atoms with Crippen LogP contribution in [0.1, 0.15) is 25.3 Å². The first-order valence-electron chi connectivity index (χ1n) is 7.31. The lowest BCUT2D eigenvalue weighted by Gasteiger charge is -2.31. The Bertz CT molecular complexity index is 383. The van der Waals surface area contributed by atoms with Crippen molar-refractivity contribution in [1.29, 1.82) is 0 Å². The number of piperidine rings is 1. The largest absolute Gasteiger partial charge is 0.355 e. The fourth-order valence-electron chi connectivity index (χ4n) is 2.75. The highest BCUT2D eigenvalue weighted by molar-refractivity contribution is 5.77. The van der Waals surface area contributed by atoms with Crippen LogP contribution in [0.3, 0.4) is 0 Å². The third-order valence-electron chi connectivity index (χ3n) is 3.82. The van der Waals surface area contributed by atoms with Crippen LogP contribution in [0.25, 0.3) is 0 Å². The van der Waals surface area contributed by atoms with Gasteiger partial charge in [0, 0.05) is 6.54 Å². The van der Waals surface area contributed by atoms with Gasteiger partial charge in [-0.05, 0) is 50.8 Å². The molecule has 19 heavy (non-hydrogen) atoms. The van der Waals surface area contributed by atoms with Gasteiger partial charge in [0.2, 0.25) is 5.91 Å². The van der Waals surface area contributed by atoms with Crippen molar-refractivity contribution in [2.75, 3.05) is 26.2 Å². The summed E-state index contributed by atoms with van der Waals surface area (Å²) in [6.45, 7) is 5.35. The van der Waals surface area contributed by atoms with Crippen molar-refractivity contribution in [2.24, 2.45) is 5.92 Å². The molecule has 0 saturated carbocycles. The number of likely N-dealkylation sites (tertiary alicyclic amines) is 1. The van der Waals surface area contributed by atoms with Gasteiger partial charge in [0.1, 0.15) is 0 Å². The van der Waals surface area contributed by atoms with Crippen LogP contribution in [0, 0.1) is 5.92 Å². The number of hydrogen-bond acceptors (Lipinski definition) is 2. The Balaban J connectivity index is 1.72. The van der Waals surface area contributed by atoms with E-state index in [1.54, 1.807) is 0 Å². The second-order valence-corrected chi connectivity index (χ2v) is 5.36. The van der Waals surface area contributed by atoms with E-state index in [0.717, 1.165) is 25.6 Å². The molecule has 2 rings (SSSR count). The molecule has 1 saturated heterocycles. The van der Waals surface area contributed by atoms with Gasteiger partial charge in [-0.1, -0.05) is 30.3 Å². The van der Waals surface area contributed by atoms with E-state index in [2.05, 4.69) is 40.5 Å². The molecule has 1 aromatic carbocycles. The number of benzene rings is 1. The molecule has 1 amide bonds. The minimum atomic E-state index is 0.156. The molecule has 1 N–H and O–H groups in total. The summed E-state index contributed by atoms with van der Waals surface area (Å²) in [6, 6.07) is 10.7. The highest BCUT2D eigenvalue weighted by Gasteiger charge is 2.20. The van der Waals surface area contributed by atoms with Gasteiger partial charge < -0.3 is 5.32 Å². The van der Waals surface area contributed by atoms with Gasteiger partial charge in [0.15, 0.2) is 0 Å². The summed E-state index contributed by atoms with van der Waals surface area (Å²) >= 11 is 0. The molecule has 3 heteroatoms. The molecule has 1 heterocycles. The molecule has 0 unspecified atom stereocenters. The lowest BCUT2D eigenvalue weighted by Crippen LogP contribution is -2.41. The van der Waals surface area contributed by atoms with Crippen molar-refractivity contribution in [1.82, 2.24) is 10.2 Å². The van der Waals surface area contributed by atoms with E-state index in [4.69, 9.17) is 0 Å². The van der Waals surface area contributed by atoms with Crippen LogP contribution < -0.4 is 5.32 Å². The minimum absolute atomic E-state index is 0.156. The van der Waals surface area contributed by atoms with E-state index < -0.39 is 0 Å². The van der Waals surface area contributed by atoms with Gasteiger partial charge >= 0.3 is 0 Å². The summed E-state index contributed by atoms with van der Waals surface area (Å²) in [5.74, 6) is 0.928. The van der Waals surface area contributed by atoms with E-state index >= 15 is 0 Å². The van der Waals surface area contributed by atoms with E-state index in [-0.39, 0.29) is 5.91 Å². The maximum atomic E-state index is 11.5. The highest BCUT2D eigenvalue weighted by Crippen LogP contribution is 2.21. The minimum Gasteiger partial charge on any atom is -0.355 e. The zero-order valence-electron chi connectivity index (χ0n) is 11.8. The number of amides is 1. The first-order chi connectivity index (χ1) is 9.28. The van der Waals surface area contributed by atoms with Gasteiger partial charge in [-0.25, -0.2) is 0 Å². The maximum Gasteiger partial charge on any atom is 0.234 e. The SMILES string of the molecule is CCNC(=O)CN1CCC(Cc2ccccc2)CC1. The van der Waals surface area contributed by atoms with Crippen molar-refractivity contribution >= 4 is 5.91 Å². The first kappa shape index (κ1) is 14.1. The van der Waals surface area contributed by atoms with Crippen LogP contribution in [0.15, 0.2) is 30.3 Å². The highest BCUT2D eigenvalue weighted by atomic mass is 16.2. The number of rotatable bonds is 5. The summed E-state index contributed by atoms with van der Waals surface area (Å²) < 4.78 is 0. The Kier molecular flexibility index (Phi) is 5.40. The van der Waals surface area contributed by atoms with Crippen LogP contribution in [-0.4, -0.2) is 37.0 Å². The maximum absolute atomic E-state index is 11.5. The summed E-state index contributed by atoms with van der Waals surface area (Å²) in [6.07, 6.45) is 3.58. The Morgan fingerprint density at radius 1 is 1.26 bits per heavy atom. The number of carbonyl (C=O) groups is 1. The van der Waals surface area contributed by atoms with Gasteiger partial charge in [-0.2, -0.15) is 0 Å². The first-order valence-corrected chi connectivity index (χ1v) is 7.31. The fourth-order valence-corrected chi connectivity index (χ4v) is 2.75. The number of carbonyl (C=O) groups excluding carboxylic acids is 1. The summed E-state index contributed by atoms with van der Waals surface area (Å²) in [5, 5.41) is 2.86. The van der Waals surface area contributed by atoms with E-state index in [1.807, 2.05) is 6.92 Å². The lowest BCUT2D eigenvalue weighted by atomic mass is 9.90. The molecule has 0 radical (unpaired) electrons. The van der Waals surface area contributed by atoms with Crippen LogP contribution >= 0.6 is 0 Å². The molecule has 0 aliphatic carbocycles. The van der Waals surface area contributed by atoms with E-state index in [0.29, 0.717) is 6.54 Å². The molecular formula is C16H24N2O. The standard InChI is InChI=1S/C16H24N2O/c1-2-17-16(19)13-18-10-8-15(9-11-18)12-14-6-4-3-5-7-14/h3-7,15H,2,8-13H2,1H3,(H,17,19). The fraction of sp³-hybridized carbons (Fsp3) is 0.562. The zero-order chi connectivity index (χ0) is 13.5. The molecule has 0 atom stereocenters. The third kappa shape index (κ3) is 4.67. The number of nitrogens with one attached hydrogen (secondary N) is 1. The van der Waals surface area contributed by atoms with Crippen LogP contribution in [0.5, 0.6) is 0 Å².